The molecule has 28 heavy (non-hydrogen) atoms. The number of fused-ring (bicyclic) bond motifs is 3. The maximum atomic E-state index is 12.3. The first-order valence-electron chi connectivity index (χ1n) is 9.05. The minimum atomic E-state index is -1.26. The zero-order valence-corrected chi connectivity index (χ0v) is 15.2. The third-order valence-electron chi connectivity index (χ3n) is 4.89. The van der Waals surface area contributed by atoms with Crippen LogP contribution < -0.4 is 5.32 Å². The zero-order valence-electron chi connectivity index (χ0n) is 15.2. The van der Waals surface area contributed by atoms with Crippen molar-refractivity contribution >= 4 is 28.8 Å². The lowest BCUT2D eigenvalue weighted by atomic mass is 9.96. The fraction of sp³-hybridized carbons (Fsp3) is 0.350. The smallest absolute Gasteiger partial charge is 0.328 e. The van der Waals surface area contributed by atoms with Crippen molar-refractivity contribution in [3.05, 3.63) is 48.2 Å². The molecular formula is C20H22N2O6. The number of carbonyl (C=O) groups is 3. The first kappa shape index (κ1) is 19.6. The lowest BCUT2D eigenvalue weighted by Gasteiger charge is -2.30. The van der Waals surface area contributed by atoms with E-state index in [0.29, 0.717) is 17.7 Å². The van der Waals surface area contributed by atoms with Crippen molar-refractivity contribution in [3.8, 4) is 0 Å². The Balaban J connectivity index is 0.000000242. The Labute approximate surface area is 161 Å². The van der Waals surface area contributed by atoms with Crippen molar-refractivity contribution < 1.29 is 29.0 Å². The van der Waals surface area contributed by atoms with Crippen LogP contribution in [0.15, 0.2) is 47.1 Å². The van der Waals surface area contributed by atoms with Gasteiger partial charge in [0.15, 0.2) is 0 Å². The van der Waals surface area contributed by atoms with Crippen LogP contribution in [0.3, 0.4) is 0 Å². The molecule has 3 atom stereocenters. The molecule has 2 aliphatic rings. The van der Waals surface area contributed by atoms with Crippen molar-refractivity contribution in [2.45, 2.75) is 18.9 Å². The molecule has 1 amide bonds. The van der Waals surface area contributed by atoms with Crippen LogP contribution in [0.5, 0.6) is 0 Å². The van der Waals surface area contributed by atoms with Gasteiger partial charge in [-0.1, -0.05) is 6.07 Å². The summed E-state index contributed by atoms with van der Waals surface area (Å²) in [5.41, 5.74) is 1.45. The number of carbonyl (C=O) groups excluding carboxylic acids is 1. The van der Waals surface area contributed by atoms with E-state index in [0.717, 1.165) is 29.9 Å². The molecule has 8 heteroatoms. The molecule has 0 radical (unpaired) electrons. The number of carboxylic acids is 2. The van der Waals surface area contributed by atoms with Gasteiger partial charge < -0.3 is 24.8 Å². The number of aliphatic carboxylic acids is 2. The third kappa shape index (κ3) is 5.20. The normalized spacial score (nSPS) is 23.2. The van der Waals surface area contributed by atoms with E-state index in [1.807, 2.05) is 24.3 Å². The molecule has 8 nitrogen and oxygen atoms in total. The van der Waals surface area contributed by atoms with Crippen LogP contribution in [0.2, 0.25) is 0 Å². The number of amides is 1. The molecule has 4 rings (SSSR count). The number of hydrogen-bond acceptors (Lipinski definition) is 5. The number of piperidine rings is 1. The summed E-state index contributed by atoms with van der Waals surface area (Å²) < 4.78 is 5.35. The van der Waals surface area contributed by atoms with Gasteiger partial charge in [0.25, 0.3) is 5.91 Å². The molecule has 0 aliphatic carbocycles. The van der Waals surface area contributed by atoms with Gasteiger partial charge in [-0.25, -0.2) is 9.59 Å². The van der Waals surface area contributed by atoms with Crippen LogP contribution in [0, 0.1) is 5.92 Å². The van der Waals surface area contributed by atoms with E-state index in [1.54, 1.807) is 6.26 Å². The summed E-state index contributed by atoms with van der Waals surface area (Å²) >= 11 is 0. The van der Waals surface area contributed by atoms with Gasteiger partial charge in [0.2, 0.25) is 0 Å². The number of carboxylic acid groups (broad SMARTS) is 2. The molecule has 148 valence electrons. The van der Waals surface area contributed by atoms with Crippen LogP contribution in [0.4, 0.5) is 0 Å². The first-order chi connectivity index (χ1) is 13.4. The van der Waals surface area contributed by atoms with Gasteiger partial charge in [0.05, 0.1) is 6.26 Å². The van der Waals surface area contributed by atoms with E-state index >= 15 is 0 Å². The van der Waals surface area contributed by atoms with E-state index in [-0.39, 0.29) is 11.9 Å². The van der Waals surface area contributed by atoms with Crippen molar-refractivity contribution in [2.75, 3.05) is 19.6 Å². The van der Waals surface area contributed by atoms with Gasteiger partial charge in [-0.05, 0) is 43.5 Å². The Hall–Kier alpha value is -3.13. The Kier molecular flexibility index (Phi) is 6.10. The van der Waals surface area contributed by atoms with Crippen LogP contribution in [0.1, 0.15) is 23.2 Å². The lowest BCUT2D eigenvalue weighted by Crippen LogP contribution is -2.47. The predicted molar refractivity (Wildman–Crippen MR) is 101 cm³/mol. The molecule has 0 saturated carbocycles. The summed E-state index contributed by atoms with van der Waals surface area (Å²) in [4.78, 5) is 33.9. The molecule has 2 aromatic rings. The number of rotatable bonds is 4. The molecular weight excluding hydrogens is 364 g/mol. The molecule has 3 heterocycles. The highest BCUT2D eigenvalue weighted by Gasteiger charge is 2.32. The van der Waals surface area contributed by atoms with Crippen LogP contribution in [-0.4, -0.2) is 58.6 Å². The summed E-state index contributed by atoms with van der Waals surface area (Å²) in [6.07, 6.45) is 5.17. The van der Waals surface area contributed by atoms with E-state index in [9.17, 15) is 14.4 Å². The summed E-state index contributed by atoms with van der Waals surface area (Å²) in [6, 6.07) is 7.81. The molecule has 1 unspecified atom stereocenters. The predicted octanol–water partition coefficient (Wildman–Crippen LogP) is 1.97. The second-order valence-corrected chi connectivity index (χ2v) is 7.00. The molecule has 1 aromatic heterocycles. The molecule has 2 saturated heterocycles. The zero-order chi connectivity index (χ0) is 20.1. The average Bonchev–Trinajstić information content (AvgIpc) is 3.25. The number of nitrogens with zero attached hydrogens (tertiary/aromatic N) is 1. The number of hydrogen-bond donors (Lipinski definition) is 3. The van der Waals surface area contributed by atoms with Crippen molar-refractivity contribution in [2.24, 2.45) is 5.92 Å². The van der Waals surface area contributed by atoms with Crippen molar-refractivity contribution in [1.29, 1.82) is 0 Å². The van der Waals surface area contributed by atoms with E-state index in [2.05, 4.69) is 10.2 Å². The number of nitrogens with one attached hydrogen (secondary N) is 1. The van der Waals surface area contributed by atoms with Crippen LogP contribution >= 0.6 is 0 Å². The summed E-state index contributed by atoms with van der Waals surface area (Å²) in [5.74, 6) is -1.74. The van der Waals surface area contributed by atoms with Gasteiger partial charge in [-0.15, -0.1) is 0 Å². The molecule has 2 bridgehead atoms. The average molecular weight is 386 g/mol. The second-order valence-electron chi connectivity index (χ2n) is 7.00. The van der Waals surface area contributed by atoms with Crippen LogP contribution in [-0.2, 0) is 9.59 Å². The summed E-state index contributed by atoms with van der Waals surface area (Å²) in [7, 11) is 0. The van der Waals surface area contributed by atoms with Crippen molar-refractivity contribution in [1.82, 2.24) is 10.2 Å². The SMILES string of the molecule is O=C(N[C@@H]1C[C@H]2CCN(C2)C1)c1ccc2ccoc2c1.O=C(O)C=CC(=O)O. The van der Waals surface area contributed by atoms with E-state index in [4.69, 9.17) is 14.6 Å². The standard InChI is InChI=1S/C16H18N2O2.C4H4O4/c19-16(13-2-1-12-4-6-20-15(12)8-13)17-14-7-11-3-5-18(9-11)10-14;5-3(6)1-2-4(7)8/h1-2,4,6,8,11,14H,3,5,7,9-10H2,(H,17,19);1-2H,(H,5,6)(H,7,8)/t11-,14-;/m1./s1. The highest BCUT2D eigenvalue weighted by molar-refractivity contribution is 5.97. The Bertz CT molecular complexity index is 875. The maximum absolute atomic E-state index is 12.3. The quantitative estimate of drug-likeness (QED) is 0.687. The van der Waals surface area contributed by atoms with E-state index in [1.165, 1.54) is 19.5 Å². The minimum absolute atomic E-state index is 0.0100. The van der Waals surface area contributed by atoms with Gasteiger partial charge in [-0.3, -0.25) is 4.79 Å². The Morgan fingerprint density at radius 1 is 1.11 bits per heavy atom. The summed E-state index contributed by atoms with van der Waals surface area (Å²) in [5, 5.41) is 19.8. The molecule has 1 aromatic carbocycles. The molecule has 3 N–H and O–H groups in total. The fourth-order valence-corrected chi connectivity index (χ4v) is 3.67. The summed E-state index contributed by atoms with van der Waals surface area (Å²) in [6.45, 7) is 3.39. The van der Waals surface area contributed by atoms with Crippen molar-refractivity contribution in [3.63, 3.8) is 0 Å². The van der Waals surface area contributed by atoms with Gasteiger partial charge >= 0.3 is 11.9 Å². The lowest BCUT2D eigenvalue weighted by molar-refractivity contribution is -0.134. The highest BCUT2D eigenvalue weighted by atomic mass is 16.4. The highest BCUT2D eigenvalue weighted by Crippen LogP contribution is 2.27. The Morgan fingerprint density at radius 2 is 1.86 bits per heavy atom. The number of benzene rings is 1. The Morgan fingerprint density at radius 3 is 2.54 bits per heavy atom. The molecule has 0 spiro atoms. The van der Waals surface area contributed by atoms with Gasteiger partial charge in [-0.2, -0.15) is 0 Å². The van der Waals surface area contributed by atoms with E-state index < -0.39 is 11.9 Å². The maximum Gasteiger partial charge on any atom is 0.328 e. The second kappa shape index (κ2) is 8.71. The molecule has 2 fully saturated rings. The van der Waals surface area contributed by atoms with Gasteiger partial charge in [0, 0.05) is 42.2 Å². The topological polar surface area (TPSA) is 120 Å². The van der Waals surface area contributed by atoms with Gasteiger partial charge in [0.1, 0.15) is 5.58 Å². The molecule has 2 aliphatic heterocycles. The first-order valence-corrected chi connectivity index (χ1v) is 9.05. The third-order valence-corrected chi connectivity index (χ3v) is 4.89. The fourth-order valence-electron chi connectivity index (χ4n) is 3.67. The monoisotopic (exact) mass is 386 g/mol. The largest absolute Gasteiger partial charge is 0.478 e. The number of furan rings is 1. The minimum Gasteiger partial charge on any atom is -0.478 e. The van der Waals surface area contributed by atoms with Crippen LogP contribution in [0.25, 0.3) is 11.0 Å².